The molecule has 1 saturated heterocycles. The average Bonchev–Trinajstić information content (AvgIpc) is 2.54. The number of rotatable bonds is 3. The molecule has 5 heteroatoms. The molecular formula is C13H16F2N2O. The quantitative estimate of drug-likeness (QED) is 0.862. The second-order valence-electron chi connectivity index (χ2n) is 4.42. The van der Waals surface area contributed by atoms with Gasteiger partial charge in [-0.25, -0.2) is 8.78 Å². The maximum Gasteiger partial charge on any atom is 0.237 e. The minimum Gasteiger partial charge on any atom is -0.355 e. The lowest BCUT2D eigenvalue weighted by Crippen LogP contribution is -2.42. The highest BCUT2D eigenvalue weighted by Crippen LogP contribution is 2.13. The molecule has 18 heavy (non-hydrogen) atoms. The molecule has 1 aromatic carbocycles. The molecule has 1 unspecified atom stereocenters. The van der Waals surface area contributed by atoms with Crippen LogP contribution in [-0.4, -0.2) is 18.5 Å². The Kier molecular flexibility index (Phi) is 4.25. The largest absolute Gasteiger partial charge is 0.355 e. The van der Waals surface area contributed by atoms with Gasteiger partial charge in [0.05, 0.1) is 6.04 Å². The van der Waals surface area contributed by atoms with Crippen molar-refractivity contribution in [1.29, 1.82) is 0 Å². The number of benzene rings is 1. The third-order valence-corrected chi connectivity index (χ3v) is 3.12. The van der Waals surface area contributed by atoms with E-state index in [2.05, 4.69) is 10.6 Å². The summed E-state index contributed by atoms with van der Waals surface area (Å²) >= 11 is 0. The highest BCUT2D eigenvalue weighted by atomic mass is 19.1. The molecule has 3 nitrogen and oxygen atoms in total. The summed E-state index contributed by atoms with van der Waals surface area (Å²) in [6, 6.07) is 3.39. The van der Waals surface area contributed by atoms with E-state index in [9.17, 15) is 13.6 Å². The summed E-state index contributed by atoms with van der Waals surface area (Å²) in [6.07, 6.45) is 2.57. The van der Waals surface area contributed by atoms with E-state index in [0.717, 1.165) is 12.8 Å². The van der Waals surface area contributed by atoms with Crippen LogP contribution in [0.1, 0.15) is 24.8 Å². The third kappa shape index (κ3) is 3.04. The van der Waals surface area contributed by atoms with Crippen molar-refractivity contribution in [2.75, 3.05) is 6.54 Å². The number of hydrogen-bond acceptors (Lipinski definition) is 2. The molecule has 98 valence electrons. The van der Waals surface area contributed by atoms with Crippen molar-refractivity contribution in [2.24, 2.45) is 0 Å². The Labute approximate surface area is 105 Å². The van der Waals surface area contributed by atoms with Crippen molar-refractivity contribution in [2.45, 2.75) is 31.8 Å². The molecule has 1 amide bonds. The molecule has 0 bridgehead atoms. The van der Waals surface area contributed by atoms with Crippen LogP contribution in [0.2, 0.25) is 0 Å². The summed E-state index contributed by atoms with van der Waals surface area (Å²) in [7, 11) is 0. The lowest BCUT2D eigenvalue weighted by atomic mass is 10.1. The van der Waals surface area contributed by atoms with E-state index in [4.69, 9.17) is 0 Å². The first-order valence-electron chi connectivity index (χ1n) is 6.12. The minimum absolute atomic E-state index is 0.0189. The maximum absolute atomic E-state index is 13.4. The molecule has 0 saturated carbocycles. The van der Waals surface area contributed by atoms with Crippen LogP contribution in [0.4, 0.5) is 8.78 Å². The van der Waals surface area contributed by atoms with Gasteiger partial charge < -0.3 is 10.6 Å². The normalized spacial score (nSPS) is 20.3. The summed E-state index contributed by atoms with van der Waals surface area (Å²) in [5.74, 6) is -1.27. The fourth-order valence-electron chi connectivity index (χ4n) is 2.06. The SMILES string of the molecule is O=C1NCCCCC1NCc1c(F)cccc1F. The summed E-state index contributed by atoms with van der Waals surface area (Å²) in [6.45, 7) is 0.696. The first-order valence-corrected chi connectivity index (χ1v) is 6.12. The number of hydrogen-bond donors (Lipinski definition) is 2. The maximum atomic E-state index is 13.4. The summed E-state index contributed by atoms with van der Waals surface area (Å²) < 4.78 is 26.8. The van der Waals surface area contributed by atoms with E-state index in [-0.39, 0.29) is 24.1 Å². The van der Waals surface area contributed by atoms with E-state index < -0.39 is 11.6 Å². The number of carbonyl (C=O) groups excluding carboxylic acids is 1. The van der Waals surface area contributed by atoms with Crippen LogP contribution in [0.5, 0.6) is 0 Å². The first-order chi connectivity index (χ1) is 8.68. The van der Waals surface area contributed by atoms with Crippen molar-refractivity contribution in [3.05, 3.63) is 35.4 Å². The Morgan fingerprint density at radius 2 is 2.00 bits per heavy atom. The predicted molar refractivity (Wildman–Crippen MR) is 63.8 cm³/mol. The Morgan fingerprint density at radius 1 is 1.28 bits per heavy atom. The zero-order chi connectivity index (χ0) is 13.0. The van der Waals surface area contributed by atoms with Gasteiger partial charge in [-0.15, -0.1) is 0 Å². The van der Waals surface area contributed by atoms with E-state index in [1.807, 2.05) is 0 Å². The average molecular weight is 254 g/mol. The number of nitrogens with one attached hydrogen (secondary N) is 2. The number of amides is 1. The van der Waals surface area contributed by atoms with Gasteiger partial charge in [-0.3, -0.25) is 4.79 Å². The molecule has 0 aromatic heterocycles. The van der Waals surface area contributed by atoms with Crippen LogP contribution in [0.15, 0.2) is 18.2 Å². The summed E-state index contributed by atoms with van der Waals surface area (Å²) in [5.41, 5.74) is -0.0189. The van der Waals surface area contributed by atoms with Crippen LogP contribution < -0.4 is 10.6 Å². The first kappa shape index (κ1) is 13.0. The number of halogens is 2. The van der Waals surface area contributed by atoms with Gasteiger partial charge in [0, 0.05) is 18.7 Å². The Bertz CT molecular complexity index is 417. The summed E-state index contributed by atoms with van der Waals surface area (Å²) in [4.78, 5) is 11.6. The molecule has 1 heterocycles. The fourth-order valence-corrected chi connectivity index (χ4v) is 2.06. The van der Waals surface area contributed by atoms with Gasteiger partial charge >= 0.3 is 0 Å². The molecule has 1 atom stereocenters. The van der Waals surface area contributed by atoms with E-state index in [0.29, 0.717) is 13.0 Å². The molecule has 1 aliphatic rings. The summed E-state index contributed by atoms with van der Waals surface area (Å²) in [5, 5.41) is 5.69. The lowest BCUT2D eigenvalue weighted by Gasteiger charge is -2.15. The van der Waals surface area contributed by atoms with Crippen molar-refractivity contribution in [3.8, 4) is 0 Å². The zero-order valence-electron chi connectivity index (χ0n) is 10.0. The zero-order valence-corrected chi connectivity index (χ0v) is 10.0. The van der Waals surface area contributed by atoms with Crippen molar-refractivity contribution >= 4 is 5.91 Å². The topological polar surface area (TPSA) is 41.1 Å². The molecule has 0 radical (unpaired) electrons. The highest BCUT2D eigenvalue weighted by Gasteiger charge is 2.20. The standard InChI is InChI=1S/C13H16F2N2O/c14-10-4-3-5-11(15)9(10)8-17-12-6-1-2-7-16-13(12)18/h3-5,12,17H,1-2,6-8H2,(H,16,18). The van der Waals surface area contributed by atoms with Crippen molar-refractivity contribution < 1.29 is 13.6 Å². The van der Waals surface area contributed by atoms with Gasteiger partial charge in [0.1, 0.15) is 11.6 Å². The highest BCUT2D eigenvalue weighted by molar-refractivity contribution is 5.81. The molecule has 0 spiro atoms. The molecule has 1 aliphatic heterocycles. The van der Waals surface area contributed by atoms with Gasteiger partial charge in [-0.2, -0.15) is 0 Å². The van der Waals surface area contributed by atoms with E-state index in [1.165, 1.54) is 18.2 Å². The number of carbonyl (C=O) groups is 1. The van der Waals surface area contributed by atoms with Gasteiger partial charge in [-0.05, 0) is 31.4 Å². The van der Waals surface area contributed by atoms with Crippen molar-refractivity contribution in [3.63, 3.8) is 0 Å². The Balaban J connectivity index is 2.00. The molecule has 2 N–H and O–H groups in total. The van der Waals surface area contributed by atoms with Gasteiger partial charge in [0.2, 0.25) is 5.91 Å². The van der Waals surface area contributed by atoms with Crippen LogP contribution in [0, 0.1) is 11.6 Å². The van der Waals surface area contributed by atoms with Gasteiger partial charge in [-0.1, -0.05) is 6.07 Å². The molecule has 2 rings (SSSR count). The van der Waals surface area contributed by atoms with Crippen LogP contribution in [-0.2, 0) is 11.3 Å². The predicted octanol–water partition coefficient (Wildman–Crippen LogP) is 1.72. The third-order valence-electron chi connectivity index (χ3n) is 3.12. The van der Waals surface area contributed by atoms with E-state index in [1.54, 1.807) is 0 Å². The molecule has 1 fully saturated rings. The Hall–Kier alpha value is -1.49. The van der Waals surface area contributed by atoms with E-state index >= 15 is 0 Å². The molecular weight excluding hydrogens is 238 g/mol. The minimum atomic E-state index is -0.587. The van der Waals surface area contributed by atoms with Crippen LogP contribution >= 0.6 is 0 Å². The van der Waals surface area contributed by atoms with Crippen LogP contribution in [0.25, 0.3) is 0 Å². The second-order valence-corrected chi connectivity index (χ2v) is 4.42. The van der Waals surface area contributed by atoms with Gasteiger partial charge in [0.15, 0.2) is 0 Å². The Morgan fingerprint density at radius 3 is 2.72 bits per heavy atom. The molecule has 1 aromatic rings. The van der Waals surface area contributed by atoms with Crippen molar-refractivity contribution in [1.82, 2.24) is 10.6 Å². The lowest BCUT2D eigenvalue weighted by molar-refractivity contribution is -0.122. The smallest absolute Gasteiger partial charge is 0.237 e. The second kappa shape index (κ2) is 5.91. The fraction of sp³-hybridized carbons (Fsp3) is 0.462. The monoisotopic (exact) mass is 254 g/mol. The van der Waals surface area contributed by atoms with Crippen LogP contribution in [0.3, 0.4) is 0 Å². The van der Waals surface area contributed by atoms with Gasteiger partial charge in [0.25, 0.3) is 0 Å². The molecule has 0 aliphatic carbocycles.